The number of benzene rings is 1. The molecular formula is C37H43ClN8O4. The number of ether oxygens (including phenoxy) is 2. The number of nitrogens with zero attached hydrogens (tertiary/aromatic N) is 7. The number of aromatic nitrogens is 6. The predicted octanol–water partition coefficient (Wildman–Crippen LogP) is 8.39. The lowest BCUT2D eigenvalue weighted by Gasteiger charge is -2.33. The number of nitrogens with one attached hydrogen (secondary N) is 1. The molecule has 2 aliphatic rings. The maximum absolute atomic E-state index is 12.6. The summed E-state index contributed by atoms with van der Waals surface area (Å²) in [4.78, 5) is 28.9. The van der Waals surface area contributed by atoms with Crippen molar-refractivity contribution >= 4 is 34.4 Å². The largest absolute Gasteiger partial charge is 0.497 e. The van der Waals surface area contributed by atoms with Gasteiger partial charge in [-0.2, -0.15) is 5.10 Å². The number of methoxy groups -OCH3 is 1. The van der Waals surface area contributed by atoms with E-state index in [0.717, 1.165) is 64.8 Å². The van der Waals surface area contributed by atoms with Crippen LogP contribution < -0.4 is 10.1 Å². The van der Waals surface area contributed by atoms with Crippen molar-refractivity contribution in [2.45, 2.75) is 90.3 Å². The average molecular weight is 699 g/mol. The second kappa shape index (κ2) is 13.5. The number of anilines is 1. The minimum absolute atomic E-state index is 0.0103. The van der Waals surface area contributed by atoms with Crippen LogP contribution in [0.2, 0.25) is 5.02 Å². The highest BCUT2D eigenvalue weighted by Gasteiger charge is 2.36. The van der Waals surface area contributed by atoms with Gasteiger partial charge in [0.1, 0.15) is 28.6 Å². The fourth-order valence-corrected chi connectivity index (χ4v) is 6.67. The van der Waals surface area contributed by atoms with E-state index < -0.39 is 5.60 Å². The highest BCUT2D eigenvalue weighted by molar-refractivity contribution is 6.35. The molecule has 13 heteroatoms. The summed E-state index contributed by atoms with van der Waals surface area (Å²) in [6.07, 6.45) is 8.84. The molecule has 1 aliphatic heterocycles. The van der Waals surface area contributed by atoms with Crippen LogP contribution in [0.25, 0.3) is 33.7 Å². The van der Waals surface area contributed by atoms with E-state index in [9.17, 15) is 4.79 Å². The van der Waals surface area contributed by atoms with Crippen LogP contribution in [0, 0.1) is 0 Å². The van der Waals surface area contributed by atoms with Gasteiger partial charge in [0.05, 0.1) is 34.8 Å². The number of carbonyl (C=O) groups is 1. The topological polar surface area (TPSA) is 133 Å². The molecule has 0 atom stereocenters. The number of likely N-dealkylation sites (tertiary alicyclic amines) is 1. The highest BCUT2D eigenvalue weighted by Crippen LogP contribution is 2.48. The van der Waals surface area contributed by atoms with Gasteiger partial charge in [0.25, 0.3) is 0 Å². The number of fused-ring (bicyclic) bond motifs is 1. The van der Waals surface area contributed by atoms with E-state index in [1.807, 2.05) is 62.1 Å². The summed E-state index contributed by atoms with van der Waals surface area (Å²) in [6.45, 7) is 11.6. The fourth-order valence-electron chi connectivity index (χ4n) is 6.44. The Bertz CT molecular complexity index is 1990. The molecule has 0 radical (unpaired) electrons. The van der Waals surface area contributed by atoms with E-state index in [0.29, 0.717) is 47.7 Å². The van der Waals surface area contributed by atoms with Gasteiger partial charge >= 0.3 is 6.09 Å². The second-order valence-corrected chi connectivity index (χ2v) is 14.8. The predicted molar refractivity (Wildman–Crippen MR) is 192 cm³/mol. The molecule has 50 heavy (non-hydrogen) atoms. The Labute approximate surface area is 296 Å². The van der Waals surface area contributed by atoms with E-state index in [2.05, 4.69) is 24.3 Å². The number of pyridine rings is 1. The summed E-state index contributed by atoms with van der Waals surface area (Å²) >= 11 is 6.84. The van der Waals surface area contributed by atoms with Gasteiger partial charge in [-0.05, 0) is 89.5 Å². The van der Waals surface area contributed by atoms with Gasteiger partial charge in [0, 0.05) is 44.0 Å². The molecule has 12 nitrogen and oxygen atoms in total. The smallest absolute Gasteiger partial charge is 0.410 e. The van der Waals surface area contributed by atoms with Crippen LogP contribution in [0.5, 0.6) is 5.75 Å². The van der Waals surface area contributed by atoms with Gasteiger partial charge in [-0.15, -0.1) is 0 Å². The van der Waals surface area contributed by atoms with Crippen molar-refractivity contribution in [3.8, 4) is 28.5 Å². The van der Waals surface area contributed by atoms with Crippen LogP contribution in [0.3, 0.4) is 0 Å². The Kier molecular flexibility index (Phi) is 9.15. The standard InChI is InChI=1S/C37H43ClN8O4/c1-21(2)46-32-27(38)20-42-34(39-17-22-7-11-26(48-6)12-8-22)28(32)30(43-46)31-29(33(50-44-31)24-9-10-24)35-40-18-25(19-41-35)23-13-15-45(16-14-23)36(47)49-37(3,4)5/h7-8,11-12,18-21,23-24H,9-10,13-17H2,1-6H3,(H,39,42). The van der Waals surface area contributed by atoms with Crippen molar-refractivity contribution < 1.29 is 18.8 Å². The minimum atomic E-state index is -0.519. The Morgan fingerprint density at radius 1 is 1.00 bits per heavy atom. The Morgan fingerprint density at radius 3 is 2.32 bits per heavy atom. The van der Waals surface area contributed by atoms with Crippen LogP contribution in [-0.4, -0.2) is 66.7 Å². The molecular weight excluding hydrogens is 656 g/mol. The maximum atomic E-state index is 12.6. The number of hydrogen-bond donors (Lipinski definition) is 1. The van der Waals surface area contributed by atoms with E-state index >= 15 is 0 Å². The third kappa shape index (κ3) is 6.85. The number of carbonyl (C=O) groups excluding carboxylic acids is 1. The SMILES string of the molecule is COc1ccc(CNc2ncc(Cl)c3c2c(-c2noc(C4CC4)c2-c2ncc(C4CCN(C(=O)OC(C)(C)C)CC4)cn2)nn3C(C)C)cc1. The van der Waals surface area contributed by atoms with Crippen molar-refractivity contribution in [3.63, 3.8) is 0 Å². The van der Waals surface area contributed by atoms with Gasteiger partial charge in [-0.1, -0.05) is 28.9 Å². The van der Waals surface area contributed by atoms with E-state index in [1.54, 1.807) is 18.2 Å². The quantitative estimate of drug-likeness (QED) is 0.160. The van der Waals surface area contributed by atoms with Gasteiger partial charge in [0.15, 0.2) is 11.6 Å². The van der Waals surface area contributed by atoms with Crippen LogP contribution in [0.15, 0.2) is 47.4 Å². The molecule has 0 unspecified atom stereocenters. The average Bonchev–Trinajstić information content (AvgIpc) is 3.72. The van der Waals surface area contributed by atoms with Crippen LogP contribution in [-0.2, 0) is 11.3 Å². The minimum Gasteiger partial charge on any atom is -0.497 e. The first-order valence-corrected chi connectivity index (χ1v) is 17.6. The van der Waals surface area contributed by atoms with E-state index in [-0.39, 0.29) is 24.0 Å². The zero-order valence-electron chi connectivity index (χ0n) is 29.4. The van der Waals surface area contributed by atoms with E-state index in [1.165, 1.54) is 0 Å². The molecule has 0 bridgehead atoms. The molecule has 2 fully saturated rings. The lowest BCUT2D eigenvalue weighted by Crippen LogP contribution is -2.41. The van der Waals surface area contributed by atoms with Gasteiger partial charge in [-0.25, -0.2) is 19.7 Å². The van der Waals surface area contributed by atoms with Gasteiger partial charge in [0.2, 0.25) is 0 Å². The first-order valence-electron chi connectivity index (χ1n) is 17.2. The number of piperidine rings is 1. The molecule has 1 saturated carbocycles. The first kappa shape index (κ1) is 33.8. The van der Waals surface area contributed by atoms with Crippen molar-refractivity contribution in [3.05, 3.63) is 64.8 Å². The Balaban J connectivity index is 1.22. The van der Waals surface area contributed by atoms with Crippen molar-refractivity contribution in [1.82, 2.24) is 34.8 Å². The molecule has 0 spiro atoms. The summed E-state index contributed by atoms with van der Waals surface area (Å²) < 4.78 is 18.9. The molecule has 1 N–H and O–H groups in total. The lowest BCUT2D eigenvalue weighted by molar-refractivity contribution is 0.0204. The van der Waals surface area contributed by atoms with Crippen LogP contribution in [0.4, 0.5) is 10.6 Å². The summed E-state index contributed by atoms with van der Waals surface area (Å²) in [5, 5.41) is 14.5. The molecule has 5 heterocycles. The zero-order valence-corrected chi connectivity index (χ0v) is 30.1. The maximum Gasteiger partial charge on any atom is 0.410 e. The highest BCUT2D eigenvalue weighted by atomic mass is 35.5. The van der Waals surface area contributed by atoms with E-state index in [4.69, 9.17) is 45.6 Å². The Hall–Kier alpha value is -4.71. The molecule has 262 valence electrons. The van der Waals surface area contributed by atoms with Gasteiger partial charge < -0.3 is 24.2 Å². The van der Waals surface area contributed by atoms with Crippen LogP contribution >= 0.6 is 11.6 Å². The third-order valence-corrected chi connectivity index (χ3v) is 9.47. The van der Waals surface area contributed by atoms with Gasteiger partial charge in [-0.3, -0.25) is 4.68 Å². The molecule has 1 aromatic carbocycles. The fraction of sp³-hybridized carbons (Fsp3) is 0.459. The molecule has 1 amide bonds. The summed E-state index contributed by atoms with van der Waals surface area (Å²) in [5.74, 6) is 3.23. The van der Waals surface area contributed by atoms with Crippen molar-refractivity contribution in [2.75, 3.05) is 25.5 Å². The van der Waals surface area contributed by atoms with Crippen molar-refractivity contribution in [2.24, 2.45) is 0 Å². The lowest BCUT2D eigenvalue weighted by atomic mass is 9.91. The first-order chi connectivity index (χ1) is 24.0. The van der Waals surface area contributed by atoms with Crippen LogP contribution in [0.1, 0.15) is 95.1 Å². The monoisotopic (exact) mass is 698 g/mol. The zero-order chi connectivity index (χ0) is 35.2. The third-order valence-electron chi connectivity index (χ3n) is 9.19. The number of rotatable bonds is 9. The summed E-state index contributed by atoms with van der Waals surface area (Å²) in [7, 11) is 1.65. The molecule has 4 aromatic heterocycles. The normalized spacial score (nSPS) is 15.6. The molecule has 5 aromatic rings. The van der Waals surface area contributed by atoms with Crippen molar-refractivity contribution in [1.29, 1.82) is 0 Å². The molecule has 1 saturated heterocycles. The number of halogens is 1. The molecule has 7 rings (SSSR count). The number of amides is 1. The Morgan fingerprint density at radius 2 is 1.70 bits per heavy atom. The second-order valence-electron chi connectivity index (χ2n) is 14.4. The molecule has 1 aliphatic carbocycles. The summed E-state index contributed by atoms with van der Waals surface area (Å²) in [5.41, 5.74) is 4.26. The summed E-state index contributed by atoms with van der Waals surface area (Å²) in [6, 6.07) is 7.91. The number of hydrogen-bond acceptors (Lipinski definition) is 10.